The highest BCUT2D eigenvalue weighted by Crippen LogP contribution is 2.59. The number of aliphatic imine (C=N–C) groups is 1. The molecule has 0 atom stereocenters. The van der Waals surface area contributed by atoms with Crippen molar-refractivity contribution in [1.29, 1.82) is 0 Å². The molecular weight excluding hydrogens is 795 g/mol. The van der Waals surface area contributed by atoms with Gasteiger partial charge in [-0.25, -0.2) is 14.6 Å². The van der Waals surface area contributed by atoms with Gasteiger partial charge in [0.05, 0.1) is 0 Å². The molecule has 8 bridgehead atoms. The van der Waals surface area contributed by atoms with Crippen LogP contribution in [0, 0.1) is 59.2 Å². The molecule has 2 aromatic carbocycles. The van der Waals surface area contributed by atoms with Crippen LogP contribution >= 0.6 is 0 Å². The predicted octanol–water partition coefficient (Wildman–Crippen LogP) is 9.46. The van der Waals surface area contributed by atoms with E-state index in [9.17, 15) is 14.4 Å². The fourth-order valence-corrected chi connectivity index (χ4v) is 16.9. The highest BCUT2D eigenvalue weighted by molar-refractivity contribution is 5.77. The molecule has 2 saturated heterocycles. The van der Waals surface area contributed by atoms with Crippen molar-refractivity contribution in [2.75, 3.05) is 46.8 Å². The Hall–Kier alpha value is -3.97. The van der Waals surface area contributed by atoms with E-state index in [2.05, 4.69) is 68.6 Å². The fraction of sp³-hybridized carbons (Fsp3) is 0.709. The zero-order valence-corrected chi connectivity index (χ0v) is 39.0. The van der Waals surface area contributed by atoms with Crippen LogP contribution in [0.25, 0.3) is 0 Å². The number of hydrogen-bond donors (Lipinski definition) is 1. The first kappa shape index (κ1) is 43.9. The smallest absolute Gasteiger partial charge is 0.317 e. The first-order valence-corrected chi connectivity index (χ1v) is 25.8. The number of aryl methyl sites for hydroxylation is 1. The zero-order valence-electron chi connectivity index (χ0n) is 39.0. The van der Waals surface area contributed by atoms with Gasteiger partial charge in [0.1, 0.15) is 0 Å². The molecule has 2 aromatic rings. The molecule has 1 N–H and O–H groups in total. The van der Waals surface area contributed by atoms with Crippen LogP contribution in [-0.4, -0.2) is 85.4 Å². The lowest BCUT2D eigenvalue weighted by atomic mass is 9.51. The molecular formula is C55H75N5O4. The zero-order chi connectivity index (χ0) is 44.0. The molecule has 0 aromatic heterocycles. The Balaban J connectivity index is 0.000000141. The number of piperidine rings is 2. The molecule has 12 aliphatic rings. The summed E-state index contributed by atoms with van der Waals surface area (Å²) in [6.45, 7) is 5.04. The van der Waals surface area contributed by atoms with Crippen molar-refractivity contribution in [1.82, 2.24) is 20.0 Å². The normalized spacial score (nSPS) is 34.1. The molecule has 0 unspecified atom stereocenters. The quantitative estimate of drug-likeness (QED) is 0.245. The number of isocyanates is 1. The molecule has 9 nitrogen and oxygen atoms in total. The van der Waals surface area contributed by atoms with Crippen LogP contribution in [-0.2, 0) is 38.2 Å². The van der Waals surface area contributed by atoms with Crippen LogP contribution in [0.1, 0.15) is 138 Å². The lowest BCUT2D eigenvalue weighted by molar-refractivity contribution is -0.138. The van der Waals surface area contributed by atoms with E-state index in [0.29, 0.717) is 35.6 Å². The molecule has 9 heteroatoms. The van der Waals surface area contributed by atoms with Crippen LogP contribution < -0.4 is 5.32 Å². The monoisotopic (exact) mass is 870 g/mol. The number of carbonyl (C=O) groups excluding carboxylic acids is 4. The lowest BCUT2D eigenvalue weighted by Crippen LogP contribution is -2.55. The summed E-state index contributed by atoms with van der Waals surface area (Å²) < 4.78 is 0. The van der Waals surface area contributed by atoms with Crippen molar-refractivity contribution in [3.8, 4) is 0 Å². The summed E-state index contributed by atoms with van der Waals surface area (Å²) in [6, 6.07) is 17.7. The second-order valence-electron chi connectivity index (χ2n) is 22.8. The van der Waals surface area contributed by atoms with Gasteiger partial charge in [-0.05, 0) is 196 Å². The third-order valence-electron chi connectivity index (χ3n) is 19.5. The summed E-state index contributed by atoms with van der Waals surface area (Å²) in [7, 11) is 3.09. The Bertz CT molecular complexity index is 2020. The minimum atomic E-state index is -0.0270. The molecule has 3 aliphatic heterocycles. The van der Waals surface area contributed by atoms with E-state index in [-0.39, 0.29) is 11.4 Å². The van der Waals surface area contributed by atoms with Crippen LogP contribution in [0.2, 0.25) is 0 Å². The number of hydrogen-bond acceptors (Lipinski definition) is 5. The molecule has 0 radical (unpaired) electrons. The maximum atomic E-state index is 13.4. The minimum Gasteiger partial charge on any atom is -0.343 e. The van der Waals surface area contributed by atoms with Crippen LogP contribution in [0.3, 0.4) is 0 Å². The summed E-state index contributed by atoms with van der Waals surface area (Å²) in [5, 5.41) is 2.81. The largest absolute Gasteiger partial charge is 0.343 e. The van der Waals surface area contributed by atoms with E-state index in [4.69, 9.17) is 4.79 Å². The van der Waals surface area contributed by atoms with Crippen molar-refractivity contribution in [3.63, 3.8) is 0 Å². The summed E-state index contributed by atoms with van der Waals surface area (Å²) >= 11 is 0. The molecule has 8 saturated carbocycles. The van der Waals surface area contributed by atoms with Crippen molar-refractivity contribution in [2.45, 2.75) is 139 Å². The van der Waals surface area contributed by atoms with E-state index in [1.165, 1.54) is 121 Å². The number of urea groups is 1. The van der Waals surface area contributed by atoms with Crippen LogP contribution in [0.5, 0.6) is 0 Å². The number of fused-ring (bicyclic) bond motifs is 4. The van der Waals surface area contributed by atoms with Gasteiger partial charge in [-0.15, -0.1) is 0 Å². The van der Waals surface area contributed by atoms with E-state index in [1.807, 2.05) is 4.90 Å². The van der Waals surface area contributed by atoms with Gasteiger partial charge in [-0.2, -0.15) is 0 Å². The average molecular weight is 870 g/mol. The molecule has 64 heavy (non-hydrogen) atoms. The average Bonchev–Trinajstić information content (AvgIpc) is 3.31. The summed E-state index contributed by atoms with van der Waals surface area (Å²) in [6.07, 6.45) is 25.4. The summed E-state index contributed by atoms with van der Waals surface area (Å²) in [5.41, 5.74) is 6.16. The Kier molecular flexibility index (Phi) is 12.6. The van der Waals surface area contributed by atoms with Gasteiger partial charge in [0.2, 0.25) is 17.9 Å². The first-order chi connectivity index (χ1) is 31.2. The molecule has 344 valence electrons. The van der Waals surface area contributed by atoms with Crippen molar-refractivity contribution >= 4 is 23.9 Å². The SMILES string of the molecule is CN=C=O.CNC(=O)N1Cc2ccccc2C2(CCN(C(=O)CC3C4CC5CC(C4)CC3C5)CC2)C1.O=C(CC1C2CC3CC(C2)CC1C3)N1CCC2(CCCc3ccccc32)CC1. The van der Waals surface area contributed by atoms with Gasteiger partial charge in [0.25, 0.3) is 0 Å². The van der Waals surface area contributed by atoms with Gasteiger partial charge in [-0.3, -0.25) is 9.59 Å². The van der Waals surface area contributed by atoms with Crippen LogP contribution in [0.4, 0.5) is 4.79 Å². The van der Waals surface area contributed by atoms with Crippen LogP contribution in [0.15, 0.2) is 53.5 Å². The number of nitrogens with one attached hydrogen (secondary N) is 1. The summed E-state index contributed by atoms with van der Waals surface area (Å²) in [4.78, 5) is 57.2. The number of benzene rings is 2. The maximum Gasteiger partial charge on any atom is 0.317 e. The molecule has 4 amide bonds. The fourth-order valence-electron chi connectivity index (χ4n) is 16.9. The molecule has 2 spiro atoms. The van der Waals surface area contributed by atoms with E-state index >= 15 is 0 Å². The molecule has 9 aliphatic carbocycles. The third-order valence-corrected chi connectivity index (χ3v) is 19.5. The lowest BCUT2D eigenvalue weighted by Gasteiger charge is -2.54. The predicted molar refractivity (Wildman–Crippen MR) is 250 cm³/mol. The van der Waals surface area contributed by atoms with E-state index in [1.54, 1.807) is 18.2 Å². The highest BCUT2D eigenvalue weighted by atomic mass is 16.2. The topological polar surface area (TPSA) is 102 Å². The molecule has 3 heterocycles. The second-order valence-corrected chi connectivity index (χ2v) is 22.8. The minimum absolute atomic E-state index is 0.000675. The maximum absolute atomic E-state index is 13.4. The third kappa shape index (κ3) is 8.50. The Morgan fingerprint density at radius 2 is 1.03 bits per heavy atom. The number of amides is 4. The van der Waals surface area contributed by atoms with Gasteiger partial charge >= 0.3 is 6.03 Å². The van der Waals surface area contributed by atoms with Gasteiger partial charge < -0.3 is 20.0 Å². The van der Waals surface area contributed by atoms with Gasteiger partial charge in [-0.1, -0.05) is 48.5 Å². The highest BCUT2D eigenvalue weighted by Gasteiger charge is 2.51. The van der Waals surface area contributed by atoms with Crippen molar-refractivity contribution < 1.29 is 19.2 Å². The molecule has 10 fully saturated rings. The van der Waals surface area contributed by atoms with Gasteiger partial charge in [0, 0.05) is 71.6 Å². The number of rotatable bonds is 4. The molecule has 14 rings (SSSR count). The van der Waals surface area contributed by atoms with Crippen molar-refractivity contribution in [2.24, 2.45) is 64.2 Å². The Morgan fingerprint density at radius 1 is 0.609 bits per heavy atom. The van der Waals surface area contributed by atoms with E-state index in [0.717, 1.165) is 106 Å². The van der Waals surface area contributed by atoms with E-state index < -0.39 is 0 Å². The summed E-state index contributed by atoms with van der Waals surface area (Å²) in [5.74, 6) is 9.57. The first-order valence-electron chi connectivity index (χ1n) is 25.8. The Morgan fingerprint density at radius 3 is 1.48 bits per heavy atom. The number of carbonyl (C=O) groups is 3. The second kappa shape index (κ2) is 18.4. The number of nitrogens with zero attached hydrogens (tertiary/aromatic N) is 4. The van der Waals surface area contributed by atoms with Gasteiger partial charge in [0.15, 0.2) is 0 Å². The Labute approximate surface area is 383 Å². The van der Waals surface area contributed by atoms with Crippen molar-refractivity contribution in [3.05, 3.63) is 70.8 Å². The standard InChI is InChI=1S/C27H37N3O2.C26H35NO.C2H3NO/c1-28-26(32)30-16-20-4-2-3-5-24(20)27(17-30)6-8-29(9-7-27)25(31)15-23-21-11-18-10-19(13-21)14-22(23)12-18;28-25(17-23-21-13-18-12-19(15-21)16-22(23)14-18)27-10-8-26(9-11-27)7-3-5-20-4-1-2-6-24(20)26;1-3-2-4/h2-5,18-19,21-23H,6-17H2,1H3,(H,28,32);1-2,4,6,18-19,21-23H,3,5,7-17H2;1H3. The number of likely N-dealkylation sites (tertiary alicyclic amines) is 2.